The highest BCUT2D eigenvalue weighted by molar-refractivity contribution is 7.40. The van der Waals surface area contributed by atoms with Gasteiger partial charge in [0, 0.05) is 0 Å². The molecule has 0 spiro atoms. The second-order valence-corrected chi connectivity index (χ2v) is 22.4. The van der Waals surface area contributed by atoms with Crippen molar-refractivity contribution in [3.05, 3.63) is 70.8 Å². The molecule has 2 atom stereocenters. The molecule has 1 fully saturated rings. The van der Waals surface area contributed by atoms with Gasteiger partial charge in [-0.2, -0.15) is 0 Å². The summed E-state index contributed by atoms with van der Waals surface area (Å²) >= 11 is 0. The van der Waals surface area contributed by atoms with Crippen molar-refractivity contribution in [2.75, 3.05) is 13.2 Å². The highest BCUT2D eigenvalue weighted by Gasteiger charge is 2.24. The molecule has 350 valence electrons. The highest BCUT2D eigenvalue weighted by Crippen LogP contribution is 2.39. The van der Waals surface area contributed by atoms with Gasteiger partial charge in [0.05, 0.1) is 13.2 Å². The molecule has 0 saturated carbocycles. The molecular weight excluding hydrogens is 764 g/mol. The normalized spacial score (nSPS) is 24.0. The predicted octanol–water partition coefficient (Wildman–Crippen LogP) is 19.3. The maximum atomic E-state index is 10.8. The van der Waals surface area contributed by atoms with Crippen LogP contribution in [0.3, 0.4) is 0 Å². The minimum atomic E-state index is -1.85. The smallest absolute Gasteiger partial charge is 0.328 e. The standard InChI is InChI=1S/C57H99O3P/c1-56(2,3)54-46-36-34-44-52(54)50-40-32-30-28-26-24-22-20-18-16-14-12-10-8-7-9-11-13-15-17-19-21-23-25-27-29-31-33-41-51(43-39-49-60-61(58)59-48-38-42-50)53-45-35-37-47-55(53)57(4,5)6/h34-37,44-47,50-51,58H,7-33,38-43,48-49H2,1-6H3. The first-order valence-electron chi connectivity index (χ1n) is 26.5. The summed E-state index contributed by atoms with van der Waals surface area (Å²) in [6, 6.07) is 18.3. The number of benzene rings is 2. The molecule has 4 heteroatoms. The van der Waals surface area contributed by atoms with Gasteiger partial charge in [0.15, 0.2) is 0 Å². The van der Waals surface area contributed by atoms with E-state index >= 15 is 0 Å². The van der Waals surface area contributed by atoms with Gasteiger partial charge >= 0.3 is 8.60 Å². The maximum Gasteiger partial charge on any atom is 0.329 e. The second-order valence-electron chi connectivity index (χ2n) is 21.4. The Hall–Kier alpha value is -1.25. The van der Waals surface area contributed by atoms with Crippen molar-refractivity contribution in [1.29, 1.82) is 0 Å². The van der Waals surface area contributed by atoms with Crippen molar-refractivity contribution in [3.63, 3.8) is 0 Å². The quantitative estimate of drug-likeness (QED) is 0.306. The molecule has 3 nitrogen and oxygen atoms in total. The summed E-state index contributed by atoms with van der Waals surface area (Å²) in [6.07, 6.45) is 44.7. The van der Waals surface area contributed by atoms with E-state index in [1.165, 1.54) is 208 Å². The molecule has 2 aromatic rings. The van der Waals surface area contributed by atoms with Crippen molar-refractivity contribution in [3.8, 4) is 0 Å². The van der Waals surface area contributed by atoms with Crippen LogP contribution < -0.4 is 0 Å². The monoisotopic (exact) mass is 863 g/mol. The lowest BCUT2D eigenvalue weighted by Crippen LogP contribution is -2.16. The molecule has 2 aromatic carbocycles. The van der Waals surface area contributed by atoms with Gasteiger partial charge in [-0.1, -0.05) is 263 Å². The van der Waals surface area contributed by atoms with Gasteiger partial charge in [0.25, 0.3) is 0 Å². The van der Waals surface area contributed by atoms with Crippen LogP contribution >= 0.6 is 8.60 Å². The third-order valence-electron chi connectivity index (χ3n) is 13.8. The molecular formula is C57H99O3P. The Labute approximate surface area is 381 Å². The SMILES string of the molecule is CC(C)(C)c1ccccc1C1CCCCCCCCCCCCCCCCCCCCCCCCCCCCCC(c2ccccc2C(C)(C)C)CCCOP(O)OCCC1. The van der Waals surface area contributed by atoms with Crippen LogP contribution in [0, 0.1) is 0 Å². The molecule has 1 aliphatic heterocycles. The number of hydrogen-bond donors (Lipinski definition) is 1. The van der Waals surface area contributed by atoms with Gasteiger partial charge in [0.2, 0.25) is 0 Å². The Morgan fingerprint density at radius 1 is 0.361 bits per heavy atom. The zero-order chi connectivity index (χ0) is 43.9. The maximum absolute atomic E-state index is 10.8. The lowest BCUT2D eigenvalue weighted by molar-refractivity contribution is 0.191. The zero-order valence-corrected chi connectivity index (χ0v) is 42.1. The predicted molar refractivity (Wildman–Crippen MR) is 269 cm³/mol. The van der Waals surface area contributed by atoms with E-state index in [9.17, 15) is 4.89 Å². The van der Waals surface area contributed by atoms with Crippen LogP contribution in [0.25, 0.3) is 0 Å². The van der Waals surface area contributed by atoms with Crippen LogP contribution in [-0.2, 0) is 19.9 Å². The Balaban J connectivity index is 1.52. The number of rotatable bonds is 2. The van der Waals surface area contributed by atoms with E-state index in [4.69, 9.17) is 9.05 Å². The van der Waals surface area contributed by atoms with Crippen LogP contribution in [0.4, 0.5) is 0 Å². The molecule has 1 N–H and O–H groups in total. The summed E-state index contributed by atoms with van der Waals surface area (Å²) in [4.78, 5) is 10.8. The molecule has 0 bridgehead atoms. The molecule has 0 radical (unpaired) electrons. The largest absolute Gasteiger partial charge is 0.329 e. The average Bonchev–Trinajstić information content (AvgIpc) is 3.23. The average molecular weight is 863 g/mol. The molecule has 0 amide bonds. The first-order chi connectivity index (χ1) is 29.6. The molecule has 61 heavy (non-hydrogen) atoms. The van der Waals surface area contributed by atoms with Gasteiger partial charge in [-0.25, -0.2) is 0 Å². The van der Waals surface area contributed by atoms with E-state index in [1.54, 1.807) is 0 Å². The van der Waals surface area contributed by atoms with Crippen LogP contribution in [-0.4, -0.2) is 18.1 Å². The Kier molecular flexibility index (Phi) is 29.5. The van der Waals surface area contributed by atoms with Crippen molar-refractivity contribution in [2.45, 2.75) is 276 Å². The molecule has 1 aliphatic rings. The van der Waals surface area contributed by atoms with Crippen LogP contribution in [0.1, 0.15) is 288 Å². The fourth-order valence-corrected chi connectivity index (χ4v) is 10.8. The Morgan fingerprint density at radius 2 is 0.590 bits per heavy atom. The second kappa shape index (κ2) is 33.3. The van der Waals surface area contributed by atoms with E-state index in [0.29, 0.717) is 25.0 Å². The third kappa shape index (κ3) is 25.1. The summed E-state index contributed by atoms with van der Waals surface area (Å²) in [7, 11) is -1.85. The number of hydrogen-bond acceptors (Lipinski definition) is 3. The van der Waals surface area contributed by atoms with Gasteiger partial charge in [-0.15, -0.1) is 0 Å². The van der Waals surface area contributed by atoms with Crippen molar-refractivity contribution in [2.24, 2.45) is 0 Å². The summed E-state index contributed by atoms with van der Waals surface area (Å²) in [6.45, 7) is 15.2. The van der Waals surface area contributed by atoms with E-state index < -0.39 is 8.60 Å². The lowest BCUT2D eigenvalue weighted by atomic mass is 9.77. The Morgan fingerprint density at radius 3 is 0.852 bits per heavy atom. The van der Waals surface area contributed by atoms with Crippen LogP contribution in [0.2, 0.25) is 0 Å². The fourth-order valence-electron chi connectivity index (χ4n) is 10.2. The van der Waals surface area contributed by atoms with Gasteiger partial charge in [0.1, 0.15) is 0 Å². The van der Waals surface area contributed by atoms with Gasteiger partial charge in [-0.3, -0.25) is 0 Å². The van der Waals surface area contributed by atoms with Gasteiger partial charge < -0.3 is 13.9 Å². The minimum Gasteiger partial charge on any atom is -0.328 e. The highest BCUT2D eigenvalue weighted by atomic mass is 31.2. The van der Waals surface area contributed by atoms with Crippen LogP contribution in [0.15, 0.2) is 48.5 Å². The van der Waals surface area contributed by atoms with E-state index in [2.05, 4.69) is 90.1 Å². The lowest BCUT2D eigenvalue weighted by Gasteiger charge is -2.28. The third-order valence-corrected chi connectivity index (χ3v) is 14.6. The van der Waals surface area contributed by atoms with E-state index in [-0.39, 0.29) is 10.8 Å². The van der Waals surface area contributed by atoms with Crippen molar-refractivity contribution < 1.29 is 13.9 Å². The zero-order valence-electron chi connectivity index (χ0n) is 41.2. The van der Waals surface area contributed by atoms with E-state index in [0.717, 1.165) is 25.7 Å². The summed E-state index contributed by atoms with van der Waals surface area (Å²) < 4.78 is 11.9. The molecule has 2 unspecified atom stereocenters. The molecule has 0 aromatic heterocycles. The first-order valence-corrected chi connectivity index (χ1v) is 27.6. The Bertz CT molecular complexity index is 1230. The topological polar surface area (TPSA) is 38.7 Å². The fraction of sp³-hybridized carbons (Fsp3) is 0.789. The molecule has 0 aliphatic carbocycles. The summed E-state index contributed by atoms with van der Waals surface area (Å²) in [5.41, 5.74) is 6.24. The molecule has 1 saturated heterocycles. The van der Waals surface area contributed by atoms with Crippen molar-refractivity contribution in [1.82, 2.24) is 0 Å². The minimum absolute atomic E-state index is 0.121. The van der Waals surface area contributed by atoms with E-state index in [1.807, 2.05) is 0 Å². The van der Waals surface area contributed by atoms with Crippen LogP contribution in [0.5, 0.6) is 0 Å². The summed E-state index contributed by atoms with van der Waals surface area (Å²) in [5.74, 6) is 1.05. The summed E-state index contributed by atoms with van der Waals surface area (Å²) in [5, 5.41) is 0. The van der Waals surface area contributed by atoms with Crippen molar-refractivity contribution >= 4 is 8.60 Å². The van der Waals surface area contributed by atoms with Gasteiger partial charge in [-0.05, 0) is 83.4 Å². The molecule has 1 heterocycles. The first kappa shape index (κ1) is 54.1. The molecule has 3 rings (SSSR count).